The Morgan fingerprint density at radius 3 is 2.95 bits per heavy atom. The minimum absolute atomic E-state index is 0.224. The number of nitrogens with two attached hydrogens (primary N) is 1. The van der Waals surface area contributed by atoms with Gasteiger partial charge in [0.05, 0.1) is 28.6 Å². The van der Waals surface area contributed by atoms with E-state index < -0.39 is 0 Å². The largest absolute Gasteiger partial charge is 0.308 e. The molecule has 0 aliphatic carbocycles. The van der Waals surface area contributed by atoms with E-state index in [2.05, 4.69) is 40.9 Å². The van der Waals surface area contributed by atoms with Gasteiger partial charge in [-0.15, -0.1) is 5.10 Å². The fourth-order valence-electron chi connectivity index (χ4n) is 1.73. The number of hydrazine groups is 1. The van der Waals surface area contributed by atoms with Gasteiger partial charge in [0.15, 0.2) is 0 Å². The van der Waals surface area contributed by atoms with Gasteiger partial charge in [-0.05, 0) is 41.6 Å². The van der Waals surface area contributed by atoms with E-state index in [0.29, 0.717) is 0 Å². The molecule has 1 atom stereocenters. The molecule has 0 aliphatic rings. The van der Waals surface area contributed by atoms with E-state index in [-0.39, 0.29) is 6.04 Å². The summed E-state index contributed by atoms with van der Waals surface area (Å²) in [6.07, 6.45) is 1.77. The number of nitrogens with one attached hydrogen (secondary N) is 1. The van der Waals surface area contributed by atoms with Gasteiger partial charge >= 0.3 is 0 Å². The summed E-state index contributed by atoms with van der Waals surface area (Å²) >= 11 is 4.81. The van der Waals surface area contributed by atoms with Gasteiger partial charge in [-0.1, -0.05) is 4.49 Å². The lowest BCUT2D eigenvalue weighted by Crippen LogP contribution is -2.32. The highest BCUT2D eigenvalue weighted by atomic mass is 79.9. The highest BCUT2D eigenvalue weighted by Gasteiger charge is 2.23. The molecule has 104 valence electrons. The van der Waals surface area contributed by atoms with E-state index in [1.807, 2.05) is 24.2 Å². The molecule has 0 spiro atoms. The lowest BCUT2D eigenvalue weighted by molar-refractivity contribution is 0.365. The van der Waals surface area contributed by atoms with Crippen LogP contribution in [0, 0.1) is 0 Å². The number of aromatic nitrogens is 4. The summed E-state index contributed by atoms with van der Waals surface area (Å²) in [4.78, 5) is 2.11. The first-order valence-corrected chi connectivity index (χ1v) is 7.35. The molecule has 2 aromatic rings. The maximum atomic E-state index is 5.66. The molecule has 0 bridgehead atoms. The average Bonchev–Trinajstić information content (AvgIpc) is 3.00. The molecule has 0 saturated carbocycles. The van der Waals surface area contributed by atoms with Crippen LogP contribution in [0.4, 0.5) is 0 Å². The van der Waals surface area contributed by atoms with Crippen LogP contribution in [0.25, 0.3) is 0 Å². The lowest BCUT2D eigenvalue weighted by Gasteiger charge is -2.17. The monoisotopic (exact) mass is 345 g/mol. The topological polar surface area (TPSA) is 84.9 Å². The zero-order chi connectivity index (χ0) is 13.8. The summed E-state index contributed by atoms with van der Waals surface area (Å²) < 4.78 is 6.71. The smallest absolute Gasteiger partial charge is 0.109 e. The van der Waals surface area contributed by atoms with Crippen LogP contribution < -0.4 is 11.3 Å². The minimum Gasteiger partial charge on any atom is -0.308 e. The zero-order valence-electron chi connectivity index (χ0n) is 10.7. The number of hydrogen-bond acceptors (Lipinski definition) is 7. The Morgan fingerprint density at radius 1 is 1.58 bits per heavy atom. The van der Waals surface area contributed by atoms with Crippen molar-refractivity contribution in [3.05, 3.63) is 27.4 Å². The van der Waals surface area contributed by atoms with Crippen molar-refractivity contribution in [1.82, 2.24) is 29.7 Å². The maximum absolute atomic E-state index is 5.66. The second kappa shape index (κ2) is 6.53. The minimum atomic E-state index is -0.224. The molecule has 0 amide bonds. The number of likely N-dealkylation sites (N-methyl/N-ethyl adjacent to an activating group) is 1. The van der Waals surface area contributed by atoms with Gasteiger partial charge in [0.25, 0.3) is 0 Å². The summed E-state index contributed by atoms with van der Waals surface area (Å²) in [5.74, 6) is 5.66. The quantitative estimate of drug-likeness (QED) is 0.589. The Bertz CT molecular complexity index is 510. The van der Waals surface area contributed by atoms with Gasteiger partial charge in [0.2, 0.25) is 0 Å². The maximum Gasteiger partial charge on any atom is 0.109 e. The van der Waals surface area contributed by atoms with Crippen molar-refractivity contribution in [2.45, 2.75) is 12.6 Å². The molecule has 1 unspecified atom stereocenters. The first kappa shape index (κ1) is 14.5. The first-order valence-electron chi connectivity index (χ1n) is 5.72. The predicted molar refractivity (Wildman–Crippen MR) is 77.6 cm³/mol. The zero-order valence-corrected chi connectivity index (χ0v) is 13.1. The Morgan fingerprint density at radius 2 is 2.37 bits per heavy atom. The number of nitrogens with zero attached hydrogens (tertiary/aromatic N) is 5. The van der Waals surface area contributed by atoms with Gasteiger partial charge in [0.1, 0.15) is 6.04 Å². The van der Waals surface area contributed by atoms with E-state index in [0.717, 1.165) is 29.0 Å². The molecule has 2 rings (SSSR count). The molecule has 0 aromatic carbocycles. The third-order valence-corrected chi connectivity index (χ3v) is 3.84. The highest BCUT2D eigenvalue weighted by molar-refractivity contribution is 9.10. The summed E-state index contributed by atoms with van der Waals surface area (Å²) in [6.45, 7) is 1.68. The van der Waals surface area contributed by atoms with Crippen LogP contribution in [0.15, 0.2) is 16.0 Å². The van der Waals surface area contributed by atoms with Gasteiger partial charge in [-0.2, -0.15) is 5.10 Å². The number of hydrogen-bond donors (Lipinski definition) is 2. The van der Waals surface area contributed by atoms with Gasteiger partial charge in [-0.25, -0.2) is 5.43 Å². The van der Waals surface area contributed by atoms with Gasteiger partial charge < -0.3 is 4.90 Å². The van der Waals surface area contributed by atoms with Crippen LogP contribution >= 0.6 is 27.5 Å². The Kier molecular flexibility index (Phi) is 4.99. The molecule has 0 saturated heterocycles. The van der Waals surface area contributed by atoms with E-state index in [1.165, 1.54) is 11.5 Å². The van der Waals surface area contributed by atoms with Gasteiger partial charge in [-0.3, -0.25) is 10.5 Å². The van der Waals surface area contributed by atoms with Crippen LogP contribution in [0.1, 0.15) is 17.4 Å². The molecule has 2 heterocycles. The van der Waals surface area contributed by atoms with E-state index in [1.54, 1.807) is 6.20 Å². The molecule has 0 fully saturated rings. The molecule has 0 radical (unpaired) electrons. The summed E-state index contributed by atoms with van der Waals surface area (Å²) in [7, 11) is 4.06. The standard InChI is InChI=1S/C10H16BrN7S/c1-17(2)3-4-18-10(7(11)5-13-18)9(14-12)8-6-19-16-15-8/h5-6,9,14H,3-4,12H2,1-2H3. The van der Waals surface area contributed by atoms with Crippen LogP contribution in [-0.4, -0.2) is 44.9 Å². The summed E-state index contributed by atoms with van der Waals surface area (Å²) in [5, 5.41) is 10.3. The Hall–Kier alpha value is -0.870. The van der Waals surface area contributed by atoms with Crippen molar-refractivity contribution in [3.8, 4) is 0 Å². The second-order valence-corrected chi connectivity index (χ2v) is 5.80. The lowest BCUT2D eigenvalue weighted by atomic mass is 10.1. The molecule has 19 heavy (non-hydrogen) atoms. The fraction of sp³-hybridized carbons (Fsp3) is 0.500. The number of rotatable bonds is 6. The fourth-order valence-corrected chi connectivity index (χ4v) is 2.74. The van der Waals surface area contributed by atoms with Crippen molar-refractivity contribution in [2.75, 3.05) is 20.6 Å². The van der Waals surface area contributed by atoms with Crippen molar-refractivity contribution in [3.63, 3.8) is 0 Å². The number of halogens is 1. The summed E-state index contributed by atoms with van der Waals surface area (Å²) in [5.41, 5.74) is 4.52. The van der Waals surface area contributed by atoms with Crippen molar-refractivity contribution in [2.24, 2.45) is 5.84 Å². The van der Waals surface area contributed by atoms with E-state index in [4.69, 9.17) is 5.84 Å². The second-order valence-electron chi connectivity index (χ2n) is 4.33. The first-order chi connectivity index (χ1) is 9.13. The SMILES string of the molecule is CN(C)CCn1ncc(Br)c1C(NN)c1csnn1. The van der Waals surface area contributed by atoms with Crippen LogP contribution in [0.3, 0.4) is 0 Å². The Balaban J connectivity index is 2.29. The Labute approximate surface area is 124 Å². The summed E-state index contributed by atoms with van der Waals surface area (Å²) in [6, 6.07) is -0.224. The van der Waals surface area contributed by atoms with E-state index in [9.17, 15) is 0 Å². The van der Waals surface area contributed by atoms with Crippen LogP contribution in [0.2, 0.25) is 0 Å². The molecule has 3 N–H and O–H groups in total. The van der Waals surface area contributed by atoms with Crippen LogP contribution in [-0.2, 0) is 6.54 Å². The average molecular weight is 346 g/mol. The predicted octanol–water partition coefficient (Wildman–Crippen LogP) is 0.611. The third-order valence-electron chi connectivity index (χ3n) is 2.71. The third kappa shape index (κ3) is 3.37. The molecule has 7 nitrogen and oxygen atoms in total. The highest BCUT2D eigenvalue weighted by Crippen LogP contribution is 2.27. The molecular formula is C10H16BrN7S. The molecular weight excluding hydrogens is 330 g/mol. The van der Waals surface area contributed by atoms with E-state index >= 15 is 0 Å². The van der Waals surface area contributed by atoms with Crippen molar-refractivity contribution >= 4 is 27.5 Å². The molecule has 2 aromatic heterocycles. The van der Waals surface area contributed by atoms with Crippen LogP contribution in [0.5, 0.6) is 0 Å². The van der Waals surface area contributed by atoms with Crippen molar-refractivity contribution in [1.29, 1.82) is 0 Å². The normalized spacial score (nSPS) is 13.1. The molecule has 0 aliphatic heterocycles. The van der Waals surface area contributed by atoms with Crippen molar-refractivity contribution < 1.29 is 0 Å². The van der Waals surface area contributed by atoms with Gasteiger partial charge in [0, 0.05) is 11.9 Å². The molecule has 9 heteroatoms.